The Morgan fingerprint density at radius 1 is 1.15 bits per heavy atom. The molecule has 0 saturated heterocycles. The number of carbonyl (C=O) groups is 2. The Bertz CT molecular complexity index is 838. The number of nitrogens with one attached hydrogen (secondary N) is 1. The fourth-order valence-corrected chi connectivity index (χ4v) is 3.05. The van der Waals surface area contributed by atoms with E-state index in [9.17, 15) is 9.59 Å². The van der Waals surface area contributed by atoms with Crippen LogP contribution < -0.4 is 14.8 Å². The molecule has 27 heavy (non-hydrogen) atoms. The first-order chi connectivity index (χ1) is 12.9. The van der Waals surface area contributed by atoms with Crippen molar-refractivity contribution >= 4 is 23.4 Å². The molecule has 0 aliphatic carbocycles. The molecule has 0 saturated carbocycles. The van der Waals surface area contributed by atoms with E-state index in [4.69, 9.17) is 21.1 Å². The molecule has 1 aliphatic heterocycles. The van der Waals surface area contributed by atoms with E-state index in [1.807, 2.05) is 30.3 Å². The standard InChI is InChI=1S/C20H21ClN2O4/c1-13(24)22-17(15-4-6-16(21)7-5-15)10-20(25)23(2)11-14-3-8-18-19(9-14)27-12-26-18/h3-9,17H,10-12H2,1-2H3,(H,22,24)/t17-/m1/s1. The third-order valence-corrected chi connectivity index (χ3v) is 4.56. The number of ether oxygens (including phenoxy) is 2. The molecule has 2 aromatic carbocycles. The quantitative estimate of drug-likeness (QED) is 0.824. The lowest BCUT2D eigenvalue weighted by Crippen LogP contribution is -2.33. The van der Waals surface area contributed by atoms with Gasteiger partial charge in [-0.25, -0.2) is 0 Å². The lowest BCUT2D eigenvalue weighted by Gasteiger charge is -2.23. The first-order valence-corrected chi connectivity index (χ1v) is 8.95. The molecule has 0 fully saturated rings. The predicted octanol–water partition coefficient (Wildman–Crippen LogP) is 3.29. The first kappa shape index (κ1) is 19.0. The number of hydrogen-bond donors (Lipinski definition) is 1. The van der Waals surface area contributed by atoms with E-state index in [2.05, 4.69) is 5.32 Å². The molecule has 0 unspecified atom stereocenters. The van der Waals surface area contributed by atoms with Crippen molar-refractivity contribution < 1.29 is 19.1 Å². The van der Waals surface area contributed by atoms with Crippen LogP contribution >= 0.6 is 11.6 Å². The smallest absolute Gasteiger partial charge is 0.231 e. The first-order valence-electron chi connectivity index (χ1n) is 8.57. The Hall–Kier alpha value is -2.73. The second-order valence-corrected chi connectivity index (χ2v) is 6.88. The van der Waals surface area contributed by atoms with Crippen LogP contribution in [0.1, 0.15) is 30.5 Å². The normalized spacial score (nSPS) is 13.1. The molecule has 7 heteroatoms. The van der Waals surface area contributed by atoms with Crippen LogP contribution in [0.5, 0.6) is 11.5 Å². The van der Waals surface area contributed by atoms with Gasteiger partial charge in [0.15, 0.2) is 11.5 Å². The average Bonchev–Trinajstić information content (AvgIpc) is 3.09. The van der Waals surface area contributed by atoms with Gasteiger partial charge in [-0.05, 0) is 35.4 Å². The summed E-state index contributed by atoms with van der Waals surface area (Å²) < 4.78 is 10.7. The van der Waals surface area contributed by atoms with Crippen LogP contribution in [-0.4, -0.2) is 30.6 Å². The highest BCUT2D eigenvalue weighted by molar-refractivity contribution is 6.30. The SMILES string of the molecule is CC(=O)N[C@H](CC(=O)N(C)Cc1ccc2c(c1)OCO2)c1ccc(Cl)cc1. The Labute approximate surface area is 163 Å². The van der Waals surface area contributed by atoms with E-state index >= 15 is 0 Å². The van der Waals surface area contributed by atoms with Crippen molar-refractivity contribution in [2.75, 3.05) is 13.8 Å². The Balaban J connectivity index is 1.67. The summed E-state index contributed by atoms with van der Waals surface area (Å²) in [7, 11) is 1.74. The average molecular weight is 389 g/mol. The van der Waals surface area contributed by atoms with Crippen LogP contribution in [0.25, 0.3) is 0 Å². The minimum atomic E-state index is -0.411. The van der Waals surface area contributed by atoms with E-state index in [1.165, 1.54) is 6.92 Å². The number of fused-ring (bicyclic) bond motifs is 1. The summed E-state index contributed by atoms with van der Waals surface area (Å²) in [6.07, 6.45) is 0.155. The zero-order valence-electron chi connectivity index (χ0n) is 15.2. The fraction of sp³-hybridized carbons (Fsp3) is 0.300. The topological polar surface area (TPSA) is 67.9 Å². The van der Waals surface area contributed by atoms with Gasteiger partial charge in [-0.15, -0.1) is 0 Å². The maximum atomic E-state index is 12.7. The molecule has 0 spiro atoms. The number of halogens is 1. The van der Waals surface area contributed by atoms with Gasteiger partial charge in [-0.3, -0.25) is 9.59 Å². The van der Waals surface area contributed by atoms with Crippen LogP contribution in [0, 0.1) is 0 Å². The molecule has 0 bridgehead atoms. The summed E-state index contributed by atoms with van der Waals surface area (Å²) in [6.45, 7) is 2.08. The predicted molar refractivity (Wildman–Crippen MR) is 102 cm³/mol. The zero-order valence-corrected chi connectivity index (χ0v) is 16.0. The maximum Gasteiger partial charge on any atom is 0.231 e. The fourth-order valence-electron chi connectivity index (χ4n) is 2.92. The van der Waals surface area contributed by atoms with Crippen molar-refractivity contribution in [1.29, 1.82) is 0 Å². The van der Waals surface area contributed by atoms with Crippen LogP contribution in [0.3, 0.4) is 0 Å². The van der Waals surface area contributed by atoms with E-state index in [1.54, 1.807) is 24.1 Å². The maximum absolute atomic E-state index is 12.7. The Morgan fingerprint density at radius 2 is 1.85 bits per heavy atom. The lowest BCUT2D eigenvalue weighted by atomic mass is 10.0. The van der Waals surface area contributed by atoms with Crippen LogP contribution in [-0.2, 0) is 16.1 Å². The van der Waals surface area contributed by atoms with Crippen molar-refractivity contribution in [2.24, 2.45) is 0 Å². The number of rotatable bonds is 6. The molecule has 3 rings (SSSR count). The minimum absolute atomic E-state index is 0.0821. The van der Waals surface area contributed by atoms with Gasteiger partial charge in [0.1, 0.15) is 0 Å². The van der Waals surface area contributed by atoms with Crippen molar-refractivity contribution in [1.82, 2.24) is 10.2 Å². The lowest BCUT2D eigenvalue weighted by molar-refractivity contribution is -0.131. The molecular weight excluding hydrogens is 368 g/mol. The number of benzene rings is 2. The third kappa shape index (κ3) is 4.92. The summed E-state index contributed by atoms with van der Waals surface area (Å²) in [4.78, 5) is 25.9. The van der Waals surface area contributed by atoms with Crippen molar-refractivity contribution in [3.05, 3.63) is 58.6 Å². The molecule has 6 nitrogen and oxygen atoms in total. The highest BCUT2D eigenvalue weighted by atomic mass is 35.5. The van der Waals surface area contributed by atoms with E-state index < -0.39 is 6.04 Å². The van der Waals surface area contributed by atoms with Gasteiger partial charge in [0.25, 0.3) is 0 Å². The van der Waals surface area contributed by atoms with Crippen LogP contribution in [0.4, 0.5) is 0 Å². The zero-order chi connectivity index (χ0) is 19.4. The van der Waals surface area contributed by atoms with E-state index in [-0.39, 0.29) is 25.0 Å². The van der Waals surface area contributed by atoms with Gasteiger partial charge in [0.2, 0.25) is 18.6 Å². The van der Waals surface area contributed by atoms with Crippen molar-refractivity contribution in [3.8, 4) is 11.5 Å². The molecule has 1 heterocycles. The summed E-state index contributed by atoms with van der Waals surface area (Å²) in [6, 6.07) is 12.3. The van der Waals surface area contributed by atoms with Gasteiger partial charge in [0.05, 0.1) is 12.5 Å². The second-order valence-electron chi connectivity index (χ2n) is 6.45. The van der Waals surface area contributed by atoms with Crippen LogP contribution in [0.2, 0.25) is 5.02 Å². The highest BCUT2D eigenvalue weighted by Crippen LogP contribution is 2.32. The van der Waals surface area contributed by atoms with Gasteiger partial charge in [-0.2, -0.15) is 0 Å². The molecule has 1 N–H and O–H groups in total. The van der Waals surface area contributed by atoms with Gasteiger partial charge in [-0.1, -0.05) is 29.8 Å². The Morgan fingerprint density at radius 3 is 2.56 bits per heavy atom. The summed E-state index contributed by atoms with van der Waals surface area (Å²) in [5.41, 5.74) is 1.78. The van der Waals surface area contributed by atoms with Crippen molar-refractivity contribution in [2.45, 2.75) is 25.9 Å². The number of nitrogens with zero attached hydrogens (tertiary/aromatic N) is 1. The Kier molecular flexibility index (Phi) is 5.86. The summed E-state index contributed by atoms with van der Waals surface area (Å²) in [5, 5.41) is 3.44. The molecule has 2 aromatic rings. The third-order valence-electron chi connectivity index (χ3n) is 4.31. The number of amides is 2. The van der Waals surface area contributed by atoms with E-state index in [0.717, 1.165) is 11.1 Å². The molecule has 0 radical (unpaired) electrons. The van der Waals surface area contributed by atoms with Crippen LogP contribution in [0.15, 0.2) is 42.5 Å². The molecular formula is C20H21ClN2O4. The monoisotopic (exact) mass is 388 g/mol. The minimum Gasteiger partial charge on any atom is -0.454 e. The summed E-state index contributed by atoms with van der Waals surface area (Å²) >= 11 is 5.93. The molecule has 2 amide bonds. The summed E-state index contributed by atoms with van der Waals surface area (Å²) in [5.74, 6) is 1.12. The molecule has 0 aromatic heterocycles. The van der Waals surface area contributed by atoms with E-state index in [0.29, 0.717) is 23.1 Å². The molecule has 1 atom stereocenters. The number of hydrogen-bond acceptors (Lipinski definition) is 4. The second kappa shape index (κ2) is 8.31. The van der Waals surface area contributed by atoms with Gasteiger partial charge in [0, 0.05) is 25.5 Å². The molecule has 142 valence electrons. The van der Waals surface area contributed by atoms with Crippen molar-refractivity contribution in [3.63, 3.8) is 0 Å². The largest absolute Gasteiger partial charge is 0.454 e. The highest BCUT2D eigenvalue weighted by Gasteiger charge is 2.20. The molecule has 1 aliphatic rings. The van der Waals surface area contributed by atoms with Gasteiger partial charge >= 0.3 is 0 Å². The number of carbonyl (C=O) groups excluding carboxylic acids is 2. The van der Waals surface area contributed by atoms with Gasteiger partial charge < -0.3 is 19.7 Å².